The number of hydrogen-bond donors (Lipinski definition) is 1. The summed E-state index contributed by atoms with van der Waals surface area (Å²) in [5.74, 6) is -1.71. The maximum absolute atomic E-state index is 12.8. The van der Waals surface area contributed by atoms with E-state index in [1.54, 1.807) is 0 Å². The molecule has 2 aromatic carbocycles. The lowest BCUT2D eigenvalue weighted by Gasteiger charge is -2.31. The SMILES string of the molecule is [2H]c1c([2H])c([2H])c(C(=O)OC2=C(NCc3ccccc3)CC(C)(C)CC2=O)c([2H])c1[2H]. The van der Waals surface area contributed by atoms with Crippen molar-refractivity contribution >= 4 is 11.8 Å². The van der Waals surface area contributed by atoms with Gasteiger partial charge in [-0.05, 0) is 29.5 Å². The lowest BCUT2D eigenvalue weighted by molar-refractivity contribution is -0.121. The maximum atomic E-state index is 12.8. The fourth-order valence-electron chi connectivity index (χ4n) is 2.87. The quantitative estimate of drug-likeness (QED) is 0.816. The number of allylic oxidation sites excluding steroid dienone is 2. The average molecular weight is 354 g/mol. The Balaban J connectivity index is 1.96. The molecule has 0 saturated heterocycles. The minimum absolute atomic E-state index is 0.159. The van der Waals surface area contributed by atoms with Crippen LogP contribution in [0.2, 0.25) is 0 Å². The van der Waals surface area contributed by atoms with Crippen molar-refractivity contribution in [1.82, 2.24) is 5.32 Å². The topological polar surface area (TPSA) is 55.4 Å². The van der Waals surface area contributed by atoms with Crippen molar-refractivity contribution in [2.75, 3.05) is 0 Å². The Kier molecular flexibility index (Phi) is 3.63. The van der Waals surface area contributed by atoms with Gasteiger partial charge in [0.2, 0.25) is 5.78 Å². The van der Waals surface area contributed by atoms with Gasteiger partial charge in [-0.2, -0.15) is 0 Å². The number of ketones is 1. The molecule has 0 heterocycles. The van der Waals surface area contributed by atoms with Gasteiger partial charge in [0.15, 0.2) is 5.76 Å². The Labute approximate surface area is 160 Å². The molecule has 26 heavy (non-hydrogen) atoms. The lowest BCUT2D eigenvalue weighted by Crippen LogP contribution is -2.33. The Morgan fingerprint density at radius 2 is 1.85 bits per heavy atom. The number of hydrogen-bond acceptors (Lipinski definition) is 4. The first-order valence-electron chi connectivity index (χ1n) is 10.8. The van der Waals surface area contributed by atoms with Crippen molar-refractivity contribution in [1.29, 1.82) is 0 Å². The van der Waals surface area contributed by atoms with Crippen molar-refractivity contribution in [3.05, 3.63) is 83.1 Å². The van der Waals surface area contributed by atoms with Crippen LogP contribution in [0.25, 0.3) is 0 Å². The van der Waals surface area contributed by atoms with Crippen LogP contribution in [0.1, 0.15) is 49.5 Å². The van der Waals surface area contributed by atoms with Gasteiger partial charge in [-0.1, -0.05) is 62.3 Å². The molecule has 0 unspecified atom stereocenters. The molecule has 2 aromatic rings. The molecule has 0 aromatic heterocycles. The third-order valence-electron chi connectivity index (χ3n) is 4.07. The zero-order valence-corrected chi connectivity index (χ0v) is 14.7. The van der Waals surface area contributed by atoms with E-state index in [0.29, 0.717) is 18.7 Å². The number of benzene rings is 2. The van der Waals surface area contributed by atoms with Crippen LogP contribution in [0, 0.1) is 5.41 Å². The largest absolute Gasteiger partial charge is 0.417 e. The highest BCUT2D eigenvalue weighted by Gasteiger charge is 2.35. The second kappa shape index (κ2) is 7.56. The number of ether oxygens (including phenoxy) is 1. The first kappa shape index (κ1) is 12.5. The summed E-state index contributed by atoms with van der Waals surface area (Å²) in [7, 11) is 0. The van der Waals surface area contributed by atoms with E-state index in [1.165, 1.54) is 0 Å². The molecule has 1 aliphatic rings. The molecule has 1 aliphatic carbocycles. The van der Waals surface area contributed by atoms with E-state index in [2.05, 4.69) is 5.32 Å². The monoisotopic (exact) mass is 354 g/mol. The summed E-state index contributed by atoms with van der Waals surface area (Å²) in [5, 5.41) is 3.18. The Morgan fingerprint density at radius 1 is 1.15 bits per heavy atom. The van der Waals surface area contributed by atoms with Crippen LogP contribution >= 0.6 is 0 Å². The smallest absolute Gasteiger partial charge is 0.343 e. The van der Waals surface area contributed by atoms with Crippen LogP contribution in [0.4, 0.5) is 0 Å². The molecule has 0 fully saturated rings. The summed E-state index contributed by atoms with van der Waals surface area (Å²) in [6, 6.07) is 6.29. The third-order valence-corrected chi connectivity index (χ3v) is 4.07. The van der Waals surface area contributed by atoms with E-state index in [9.17, 15) is 9.59 Å². The van der Waals surface area contributed by atoms with E-state index in [4.69, 9.17) is 11.6 Å². The molecular weight excluding hydrogens is 326 g/mol. The lowest BCUT2D eigenvalue weighted by atomic mass is 9.78. The van der Waals surface area contributed by atoms with Crippen LogP contribution in [0.3, 0.4) is 0 Å². The summed E-state index contributed by atoms with van der Waals surface area (Å²) < 4.78 is 44.4. The van der Waals surface area contributed by atoms with Gasteiger partial charge in [0, 0.05) is 13.0 Å². The molecule has 3 rings (SSSR count). The number of carbonyl (C=O) groups excluding carboxylic acids is 2. The van der Waals surface area contributed by atoms with Crippen molar-refractivity contribution < 1.29 is 21.2 Å². The second-order valence-electron chi connectivity index (χ2n) is 6.98. The van der Waals surface area contributed by atoms with Crippen LogP contribution < -0.4 is 5.32 Å². The standard InChI is InChI=1S/C22H23NO3/c1-22(2)13-18(23-15-16-9-5-3-6-10-16)20(19(24)14-22)26-21(25)17-11-7-4-8-12-17/h3-12,23H,13-15H2,1-2H3/i4D,7D,8D,11D,12D. The van der Waals surface area contributed by atoms with Crippen LogP contribution in [-0.2, 0) is 16.1 Å². The van der Waals surface area contributed by atoms with Gasteiger partial charge in [-0.25, -0.2) is 4.79 Å². The highest BCUT2D eigenvalue weighted by molar-refractivity contribution is 6.00. The summed E-state index contributed by atoms with van der Waals surface area (Å²) >= 11 is 0. The van der Waals surface area contributed by atoms with Crippen molar-refractivity contribution in [3.8, 4) is 0 Å². The predicted molar refractivity (Wildman–Crippen MR) is 100 cm³/mol. The molecule has 0 saturated carbocycles. The Hall–Kier alpha value is -2.88. The minimum Gasteiger partial charge on any atom is -0.417 e. The molecule has 0 aliphatic heterocycles. The molecule has 0 radical (unpaired) electrons. The summed E-state index contributed by atoms with van der Waals surface area (Å²) in [5.41, 5.74) is 0.481. The van der Waals surface area contributed by atoms with Crippen molar-refractivity contribution in [2.24, 2.45) is 5.41 Å². The molecule has 0 amide bonds. The van der Waals surface area contributed by atoms with E-state index in [1.807, 2.05) is 44.2 Å². The van der Waals surface area contributed by atoms with Gasteiger partial charge in [0.05, 0.1) is 18.1 Å². The summed E-state index contributed by atoms with van der Waals surface area (Å²) in [6.07, 6.45) is 0.612. The molecule has 0 bridgehead atoms. The highest BCUT2D eigenvalue weighted by atomic mass is 16.5. The van der Waals surface area contributed by atoms with E-state index in [0.717, 1.165) is 5.56 Å². The predicted octanol–water partition coefficient (Wildman–Crippen LogP) is 4.23. The molecule has 134 valence electrons. The van der Waals surface area contributed by atoms with Gasteiger partial charge in [0.1, 0.15) is 0 Å². The first-order valence-corrected chi connectivity index (χ1v) is 8.35. The van der Waals surface area contributed by atoms with Crippen molar-refractivity contribution in [2.45, 2.75) is 33.2 Å². The fraction of sp³-hybridized carbons (Fsp3) is 0.273. The zero-order chi connectivity index (χ0) is 22.9. The summed E-state index contributed by atoms with van der Waals surface area (Å²) in [4.78, 5) is 25.6. The third kappa shape index (κ3) is 4.39. The molecule has 4 nitrogen and oxygen atoms in total. The van der Waals surface area contributed by atoms with Gasteiger partial charge in [-0.15, -0.1) is 0 Å². The molecule has 4 heteroatoms. The van der Waals surface area contributed by atoms with Gasteiger partial charge >= 0.3 is 5.97 Å². The Bertz CT molecular complexity index is 1050. The van der Waals surface area contributed by atoms with Crippen LogP contribution in [0.5, 0.6) is 0 Å². The maximum Gasteiger partial charge on any atom is 0.343 e. The highest BCUT2D eigenvalue weighted by Crippen LogP contribution is 2.36. The van der Waals surface area contributed by atoms with E-state index < -0.39 is 41.7 Å². The number of nitrogens with one attached hydrogen (secondary N) is 1. The number of rotatable bonds is 5. The van der Waals surface area contributed by atoms with Crippen molar-refractivity contribution in [3.63, 3.8) is 0 Å². The van der Waals surface area contributed by atoms with E-state index >= 15 is 0 Å². The first-order chi connectivity index (χ1) is 14.5. The number of carbonyl (C=O) groups is 2. The van der Waals surface area contributed by atoms with Crippen LogP contribution in [0.15, 0.2) is 72.0 Å². The molecule has 0 atom stereocenters. The minimum atomic E-state index is -1.15. The zero-order valence-electron chi connectivity index (χ0n) is 19.7. The molecular formula is C22H23NO3. The normalized spacial score (nSPS) is 19.0. The summed E-state index contributed by atoms with van der Waals surface area (Å²) in [6.45, 7) is 4.28. The van der Waals surface area contributed by atoms with Gasteiger partial charge in [0.25, 0.3) is 0 Å². The van der Waals surface area contributed by atoms with Gasteiger partial charge < -0.3 is 10.1 Å². The number of Topliss-reactive ketones (excluding diaryl/α,β-unsaturated/α-hetero) is 1. The fourth-order valence-corrected chi connectivity index (χ4v) is 2.87. The van der Waals surface area contributed by atoms with Gasteiger partial charge in [-0.3, -0.25) is 4.79 Å². The molecule has 0 spiro atoms. The van der Waals surface area contributed by atoms with Crippen LogP contribution in [-0.4, -0.2) is 11.8 Å². The number of esters is 1. The second-order valence-corrected chi connectivity index (χ2v) is 6.98. The molecule has 1 N–H and O–H groups in total. The average Bonchev–Trinajstić information content (AvgIpc) is 2.72. The Morgan fingerprint density at radius 3 is 2.54 bits per heavy atom. The van der Waals surface area contributed by atoms with E-state index in [-0.39, 0.29) is 23.4 Å².